The first-order valence-corrected chi connectivity index (χ1v) is 10.7. The first-order valence-electron chi connectivity index (χ1n) is 9.63. The molecule has 3 aromatic rings. The Labute approximate surface area is 192 Å². The molecule has 0 aliphatic carbocycles. The zero-order valence-electron chi connectivity index (χ0n) is 16.7. The number of pyridine rings is 1. The molecule has 7 nitrogen and oxygen atoms in total. The normalized spacial score (nSPS) is 15.6. The van der Waals surface area contributed by atoms with Crippen LogP contribution in [0.5, 0.6) is 5.75 Å². The first-order chi connectivity index (χ1) is 15.0. The van der Waals surface area contributed by atoms with Crippen molar-refractivity contribution in [1.29, 1.82) is 0 Å². The molecule has 8 heteroatoms. The molecular formula is C23H19IN2O5. The van der Waals surface area contributed by atoms with E-state index in [0.29, 0.717) is 6.42 Å². The Kier molecular flexibility index (Phi) is 6.47. The van der Waals surface area contributed by atoms with Crippen molar-refractivity contribution < 1.29 is 24.0 Å². The number of carbonyl (C=O) groups excluding carboxylic acids is 2. The van der Waals surface area contributed by atoms with Gasteiger partial charge in [0, 0.05) is 38.2 Å². The highest BCUT2D eigenvalue weighted by Crippen LogP contribution is 2.33. The molecule has 0 fully saturated rings. The van der Waals surface area contributed by atoms with Crippen molar-refractivity contribution in [3.63, 3.8) is 0 Å². The molecule has 0 spiro atoms. The van der Waals surface area contributed by atoms with Crippen LogP contribution in [-0.2, 0) is 19.3 Å². The minimum atomic E-state index is -0.659. The van der Waals surface area contributed by atoms with Crippen LogP contribution in [0.3, 0.4) is 0 Å². The summed E-state index contributed by atoms with van der Waals surface area (Å²) in [5.41, 5.74) is 1.14. The van der Waals surface area contributed by atoms with E-state index in [4.69, 9.17) is 14.4 Å². The number of aromatic nitrogens is 1. The lowest BCUT2D eigenvalue weighted by atomic mass is 10.0. The van der Waals surface area contributed by atoms with Gasteiger partial charge in [-0.05, 0) is 82.8 Å². The summed E-state index contributed by atoms with van der Waals surface area (Å²) in [7, 11) is 1.34. The van der Waals surface area contributed by atoms with Crippen LogP contribution < -0.4 is 4.74 Å². The van der Waals surface area contributed by atoms with Crippen LogP contribution in [0.2, 0.25) is 0 Å². The predicted octanol–water partition coefficient (Wildman–Crippen LogP) is 4.53. The van der Waals surface area contributed by atoms with Gasteiger partial charge in [0.1, 0.15) is 11.9 Å². The maximum absolute atomic E-state index is 12.3. The molecule has 158 valence electrons. The van der Waals surface area contributed by atoms with E-state index in [-0.39, 0.29) is 18.1 Å². The number of hydrogen-bond acceptors (Lipinski definition) is 7. The van der Waals surface area contributed by atoms with Gasteiger partial charge in [0.15, 0.2) is 0 Å². The third-order valence-electron chi connectivity index (χ3n) is 4.81. The number of fused-ring (bicyclic) bond motifs is 1. The van der Waals surface area contributed by atoms with Gasteiger partial charge in [0.05, 0.1) is 7.05 Å². The van der Waals surface area contributed by atoms with E-state index in [1.54, 1.807) is 12.4 Å². The second kappa shape index (κ2) is 9.44. The predicted molar refractivity (Wildman–Crippen MR) is 122 cm³/mol. The smallest absolute Gasteiger partial charge is 0.356 e. The maximum atomic E-state index is 12.3. The van der Waals surface area contributed by atoms with Gasteiger partial charge < -0.3 is 14.4 Å². The highest BCUT2D eigenvalue weighted by Gasteiger charge is 2.24. The van der Waals surface area contributed by atoms with Crippen LogP contribution in [-0.4, -0.2) is 29.2 Å². The molecule has 1 atom stereocenters. The second-order valence-corrected chi connectivity index (χ2v) is 8.19. The Morgan fingerprint density at radius 3 is 2.71 bits per heavy atom. The summed E-state index contributed by atoms with van der Waals surface area (Å²) in [5.74, 6) is -0.540. The van der Waals surface area contributed by atoms with E-state index in [2.05, 4.69) is 33.6 Å². The van der Waals surface area contributed by atoms with Gasteiger partial charge in [-0.25, -0.2) is 9.59 Å². The van der Waals surface area contributed by atoms with Crippen molar-refractivity contribution in [2.75, 3.05) is 7.05 Å². The van der Waals surface area contributed by atoms with E-state index in [1.165, 1.54) is 7.05 Å². The number of hydrogen-bond donors (Lipinski definition) is 0. The number of carbonyl (C=O) groups is 2. The number of rotatable bonds is 6. The van der Waals surface area contributed by atoms with Crippen LogP contribution in [0.1, 0.15) is 24.5 Å². The summed E-state index contributed by atoms with van der Waals surface area (Å²) in [5, 5.41) is 2.83. The molecule has 0 N–H and O–H groups in total. The highest BCUT2D eigenvalue weighted by atomic mass is 127. The Morgan fingerprint density at radius 1 is 1.10 bits per heavy atom. The number of halogens is 1. The van der Waals surface area contributed by atoms with Gasteiger partial charge in [0.25, 0.3) is 0 Å². The zero-order chi connectivity index (χ0) is 21.8. The van der Waals surface area contributed by atoms with Gasteiger partial charge in [-0.15, -0.1) is 0 Å². The monoisotopic (exact) mass is 530 g/mol. The third-order valence-corrected chi connectivity index (χ3v) is 5.48. The van der Waals surface area contributed by atoms with Gasteiger partial charge in [-0.1, -0.05) is 12.1 Å². The quantitative estimate of drug-likeness (QED) is 0.434. The largest absolute Gasteiger partial charge is 0.485 e. The average Bonchev–Trinajstić information content (AvgIpc) is 2.87. The van der Waals surface area contributed by atoms with Crippen molar-refractivity contribution in [2.45, 2.75) is 18.9 Å². The molecule has 0 bridgehead atoms. The minimum Gasteiger partial charge on any atom is -0.485 e. The van der Waals surface area contributed by atoms with Gasteiger partial charge >= 0.3 is 11.9 Å². The van der Waals surface area contributed by atoms with Crippen LogP contribution >= 0.6 is 22.6 Å². The fraction of sp³-hybridized carbons (Fsp3) is 0.174. The lowest BCUT2D eigenvalue weighted by molar-refractivity contribution is -0.304. The maximum Gasteiger partial charge on any atom is 0.356 e. The molecule has 1 aromatic heterocycles. The first kappa shape index (κ1) is 21.3. The van der Waals surface area contributed by atoms with Crippen molar-refractivity contribution in [3.05, 3.63) is 81.7 Å². The molecular weight excluding hydrogens is 511 g/mol. The fourth-order valence-electron chi connectivity index (χ4n) is 3.36. The van der Waals surface area contributed by atoms with Gasteiger partial charge in [-0.2, -0.15) is 0 Å². The van der Waals surface area contributed by atoms with E-state index >= 15 is 0 Å². The lowest BCUT2D eigenvalue weighted by Crippen LogP contribution is -2.23. The SMILES string of the molecule is CN1OC(=O)C=C(CCC(Oc2cccc3cc(I)ccc23)c2ccncc2)C(=O)O1. The van der Waals surface area contributed by atoms with Crippen molar-refractivity contribution >= 4 is 45.3 Å². The number of nitrogens with zero attached hydrogens (tertiary/aromatic N) is 2. The summed E-state index contributed by atoms with van der Waals surface area (Å²) in [6, 6.07) is 15.8. The number of ether oxygens (including phenoxy) is 1. The molecule has 0 saturated heterocycles. The van der Waals surface area contributed by atoms with Crippen molar-refractivity contribution in [1.82, 2.24) is 10.2 Å². The topological polar surface area (TPSA) is 78.0 Å². The molecule has 0 saturated carbocycles. The fourth-order valence-corrected chi connectivity index (χ4v) is 3.88. The molecule has 31 heavy (non-hydrogen) atoms. The van der Waals surface area contributed by atoms with E-state index in [0.717, 1.165) is 37.0 Å². The Balaban J connectivity index is 1.61. The number of hydroxylamine groups is 2. The van der Waals surface area contributed by atoms with E-state index in [1.807, 2.05) is 42.5 Å². The molecule has 1 unspecified atom stereocenters. The number of benzene rings is 2. The Hall–Kier alpha value is -2.98. The van der Waals surface area contributed by atoms with E-state index < -0.39 is 11.9 Å². The Bertz CT molecular complexity index is 1150. The van der Waals surface area contributed by atoms with Crippen LogP contribution in [0, 0.1) is 3.57 Å². The molecule has 1 aliphatic heterocycles. The van der Waals surface area contributed by atoms with E-state index in [9.17, 15) is 9.59 Å². The zero-order valence-corrected chi connectivity index (χ0v) is 18.8. The Morgan fingerprint density at radius 2 is 1.90 bits per heavy atom. The summed E-state index contributed by atoms with van der Waals surface area (Å²) in [4.78, 5) is 37.9. The minimum absolute atomic E-state index is 0.226. The summed E-state index contributed by atoms with van der Waals surface area (Å²) in [6.45, 7) is 0. The highest BCUT2D eigenvalue weighted by molar-refractivity contribution is 14.1. The molecule has 4 rings (SSSR count). The standard InChI is InChI=1S/C23H19IN2O5/c1-26-30-22(27)14-17(23(28)31-26)5-8-20(15-9-11-25-12-10-15)29-21-4-2-3-16-13-18(24)6-7-19(16)21/h2-4,6-7,9-14,20H,5,8H2,1H3. The molecule has 2 heterocycles. The molecule has 0 amide bonds. The summed E-state index contributed by atoms with van der Waals surface area (Å²) >= 11 is 2.28. The van der Waals surface area contributed by atoms with Crippen molar-refractivity contribution in [2.24, 2.45) is 0 Å². The van der Waals surface area contributed by atoms with Crippen LogP contribution in [0.4, 0.5) is 0 Å². The van der Waals surface area contributed by atoms with Gasteiger partial charge in [-0.3, -0.25) is 4.98 Å². The molecule has 0 radical (unpaired) electrons. The van der Waals surface area contributed by atoms with Crippen LogP contribution in [0.25, 0.3) is 10.8 Å². The summed E-state index contributed by atoms with van der Waals surface area (Å²) < 4.78 is 7.57. The molecule has 2 aromatic carbocycles. The van der Waals surface area contributed by atoms with Crippen LogP contribution in [0.15, 0.2) is 72.6 Å². The lowest BCUT2D eigenvalue weighted by Gasteiger charge is -2.21. The van der Waals surface area contributed by atoms with Crippen molar-refractivity contribution in [3.8, 4) is 5.75 Å². The molecule has 1 aliphatic rings. The third kappa shape index (κ3) is 5.20. The summed E-state index contributed by atoms with van der Waals surface area (Å²) in [6.07, 6.45) is 4.92. The second-order valence-electron chi connectivity index (χ2n) is 6.95. The van der Waals surface area contributed by atoms with Gasteiger partial charge in [0.2, 0.25) is 0 Å². The average molecular weight is 530 g/mol.